The van der Waals surface area contributed by atoms with Gasteiger partial charge in [-0.25, -0.2) is 4.79 Å². The fourth-order valence-corrected chi connectivity index (χ4v) is 1.68. The van der Waals surface area contributed by atoms with Gasteiger partial charge in [-0.15, -0.1) is 0 Å². The molecule has 1 aromatic carbocycles. The van der Waals surface area contributed by atoms with E-state index in [-0.39, 0.29) is 0 Å². The van der Waals surface area contributed by atoms with Crippen molar-refractivity contribution in [1.82, 2.24) is 5.32 Å². The van der Waals surface area contributed by atoms with Crippen molar-refractivity contribution in [2.75, 3.05) is 6.54 Å². The van der Waals surface area contributed by atoms with Crippen LogP contribution in [0.2, 0.25) is 0 Å². The Morgan fingerprint density at radius 2 is 2.21 bits per heavy atom. The number of nitrogens with one attached hydrogen (secondary N) is 1. The Kier molecular flexibility index (Phi) is 2.23. The molecular formula is C11H11NO2. The lowest BCUT2D eigenvalue weighted by atomic mass is 9.98. The Labute approximate surface area is 82.1 Å². The molecule has 1 aliphatic heterocycles. The van der Waals surface area contributed by atoms with Crippen molar-refractivity contribution in [3.05, 3.63) is 41.5 Å². The first-order valence-corrected chi connectivity index (χ1v) is 4.54. The summed E-state index contributed by atoms with van der Waals surface area (Å²) in [6, 6.07) is 7.87. The molecule has 0 unspecified atom stereocenters. The minimum absolute atomic E-state index is 0.708. The molecular weight excluding hydrogens is 178 g/mol. The van der Waals surface area contributed by atoms with Gasteiger partial charge in [-0.2, -0.15) is 0 Å². The lowest BCUT2D eigenvalue weighted by molar-refractivity contribution is -0.131. The third-order valence-electron chi connectivity index (χ3n) is 2.29. The van der Waals surface area contributed by atoms with E-state index in [2.05, 4.69) is 5.32 Å². The van der Waals surface area contributed by atoms with E-state index in [1.807, 2.05) is 24.3 Å². The number of hydrogen-bond donors (Lipinski definition) is 2. The molecule has 0 bridgehead atoms. The van der Waals surface area contributed by atoms with Gasteiger partial charge in [0.1, 0.15) is 0 Å². The van der Waals surface area contributed by atoms with Crippen LogP contribution in [0.3, 0.4) is 0 Å². The van der Waals surface area contributed by atoms with Crippen LogP contribution in [0.4, 0.5) is 0 Å². The quantitative estimate of drug-likeness (QED) is 0.654. The molecule has 3 heteroatoms. The highest BCUT2D eigenvalue weighted by molar-refractivity contribution is 5.90. The number of aliphatic carboxylic acids is 1. The average Bonchev–Trinajstić information content (AvgIpc) is 2.18. The average molecular weight is 189 g/mol. The third kappa shape index (κ3) is 1.62. The summed E-state index contributed by atoms with van der Waals surface area (Å²) in [4.78, 5) is 10.6. The molecule has 0 fully saturated rings. The molecule has 3 nitrogen and oxygen atoms in total. The van der Waals surface area contributed by atoms with Crippen LogP contribution in [-0.2, 0) is 11.2 Å². The first kappa shape index (κ1) is 8.81. The van der Waals surface area contributed by atoms with Crippen LogP contribution in [0.15, 0.2) is 30.3 Å². The highest BCUT2D eigenvalue weighted by Crippen LogP contribution is 2.21. The summed E-state index contributed by atoms with van der Waals surface area (Å²) in [5.41, 5.74) is 2.92. The van der Waals surface area contributed by atoms with E-state index in [9.17, 15) is 4.79 Å². The second kappa shape index (κ2) is 3.54. The molecule has 1 aliphatic rings. The number of rotatable bonds is 1. The van der Waals surface area contributed by atoms with Crippen LogP contribution >= 0.6 is 0 Å². The number of hydrogen-bond acceptors (Lipinski definition) is 2. The topological polar surface area (TPSA) is 49.3 Å². The van der Waals surface area contributed by atoms with Gasteiger partial charge in [0.15, 0.2) is 0 Å². The van der Waals surface area contributed by atoms with Gasteiger partial charge < -0.3 is 10.4 Å². The van der Waals surface area contributed by atoms with E-state index < -0.39 is 5.97 Å². The number of fused-ring (bicyclic) bond motifs is 1. The summed E-state index contributed by atoms with van der Waals surface area (Å²) < 4.78 is 0. The second-order valence-electron chi connectivity index (χ2n) is 3.23. The molecule has 0 aliphatic carbocycles. The number of benzene rings is 1. The normalized spacial score (nSPS) is 17.3. The van der Waals surface area contributed by atoms with Crippen LogP contribution in [0, 0.1) is 0 Å². The molecule has 2 N–H and O–H groups in total. The van der Waals surface area contributed by atoms with Gasteiger partial charge >= 0.3 is 5.97 Å². The van der Waals surface area contributed by atoms with Crippen LogP contribution in [0.1, 0.15) is 11.1 Å². The van der Waals surface area contributed by atoms with E-state index in [4.69, 9.17) is 5.11 Å². The Bertz CT molecular complexity index is 396. The molecule has 0 amide bonds. The summed E-state index contributed by atoms with van der Waals surface area (Å²) >= 11 is 0. The monoisotopic (exact) mass is 189 g/mol. The minimum atomic E-state index is -0.913. The maximum absolute atomic E-state index is 10.6. The van der Waals surface area contributed by atoms with Crippen LogP contribution in [0.25, 0.3) is 5.70 Å². The van der Waals surface area contributed by atoms with Gasteiger partial charge in [-0.1, -0.05) is 24.3 Å². The van der Waals surface area contributed by atoms with E-state index in [0.717, 1.165) is 18.5 Å². The van der Waals surface area contributed by atoms with Crippen molar-refractivity contribution in [3.63, 3.8) is 0 Å². The maximum atomic E-state index is 10.6. The van der Waals surface area contributed by atoms with Crippen LogP contribution < -0.4 is 5.32 Å². The number of carbonyl (C=O) groups is 1. The third-order valence-corrected chi connectivity index (χ3v) is 2.29. The molecule has 1 aromatic rings. The largest absolute Gasteiger partial charge is 0.478 e. The van der Waals surface area contributed by atoms with Gasteiger partial charge in [-0.3, -0.25) is 0 Å². The van der Waals surface area contributed by atoms with Gasteiger partial charge in [0.25, 0.3) is 0 Å². The van der Waals surface area contributed by atoms with E-state index in [1.54, 1.807) is 0 Å². The van der Waals surface area contributed by atoms with Crippen molar-refractivity contribution in [2.24, 2.45) is 0 Å². The van der Waals surface area contributed by atoms with Gasteiger partial charge in [0.2, 0.25) is 0 Å². The van der Waals surface area contributed by atoms with Crippen molar-refractivity contribution in [3.8, 4) is 0 Å². The molecule has 0 spiro atoms. The van der Waals surface area contributed by atoms with Crippen LogP contribution in [0.5, 0.6) is 0 Å². The van der Waals surface area contributed by atoms with Gasteiger partial charge in [0, 0.05) is 23.9 Å². The predicted octanol–water partition coefficient (Wildman–Crippen LogP) is 1.26. The number of carboxylic acids is 1. The zero-order valence-electron chi connectivity index (χ0n) is 7.66. The maximum Gasteiger partial charge on any atom is 0.330 e. The lowest BCUT2D eigenvalue weighted by Crippen LogP contribution is -2.23. The minimum Gasteiger partial charge on any atom is -0.478 e. The van der Waals surface area contributed by atoms with Crippen molar-refractivity contribution in [2.45, 2.75) is 6.42 Å². The SMILES string of the molecule is O=C(O)/C=C1\NCCc2ccccc21. The molecule has 0 atom stereocenters. The zero-order chi connectivity index (χ0) is 9.97. The molecule has 2 rings (SSSR count). The van der Waals surface area contributed by atoms with E-state index in [1.165, 1.54) is 11.6 Å². The first-order valence-electron chi connectivity index (χ1n) is 4.54. The summed E-state index contributed by atoms with van der Waals surface area (Å²) in [5.74, 6) is -0.913. The second-order valence-corrected chi connectivity index (χ2v) is 3.23. The molecule has 0 saturated heterocycles. The fourth-order valence-electron chi connectivity index (χ4n) is 1.68. The molecule has 0 radical (unpaired) electrons. The van der Waals surface area contributed by atoms with Crippen molar-refractivity contribution in [1.29, 1.82) is 0 Å². The Balaban J connectivity index is 2.45. The Morgan fingerprint density at radius 3 is 3.00 bits per heavy atom. The van der Waals surface area contributed by atoms with Crippen molar-refractivity contribution < 1.29 is 9.90 Å². The highest BCUT2D eigenvalue weighted by atomic mass is 16.4. The van der Waals surface area contributed by atoms with E-state index >= 15 is 0 Å². The Hall–Kier alpha value is -1.77. The van der Waals surface area contributed by atoms with Gasteiger partial charge in [-0.05, 0) is 12.0 Å². The standard InChI is InChI=1S/C11H11NO2/c13-11(14)7-10-9-4-2-1-3-8(9)5-6-12-10/h1-4,7,12H,5-6H2,(H,13,14)/b10-7-. The highest BCUT2D eigenvalue weighted by Gasteiger charge is 2.12. The molecule has 0 aromatic heterocycles. The summed E-state index contributed by atoms with van der Waals surface area (Å²) in [6.07, 6.45) is 2.17. The molecule has 0 saturated carbocycles. The summed E-state index contributed by atoms with van der Waals surface area (Å²) in [5, 5.41) is 11.8. The summed E-state index contributed by atoms with van der Waals surface area (Å²) in [6.45, 7) is 0.802. The molecule has 72 valence electrons. The fraction of sp³-hybridized carbons (Fsp3) is 0.182. The predicted molar refractivity (Wildman–Crippen MR) is 53.8 cm³/mol. The smallest absolute Gasteiger partial charge is 0.330 e. The van der Waals surface area contributed by atoms with E-state index in [0.29, 0.717) is 5.70 Å². The first-order chi connectivity index (χ1) is 6.77. The Morgan fingerprint density at radius 1 is 1.43 bits per heavy atom. The van der Waals surface area contributed by atoms with Crippen molar-refractivity contribution >= 4 is 11.7 Å². The zero-order valence-corrected chi connectivity index (χ0v) is 7.66. The lowest BCUT2D eigenvalue weighted by Gasteiger charge is -2.20. The number of carboxylic acid groups (broad SMARTS) is 1. The summed E-state index contributed by atoms with van der Waals surface area (Å²) in [7, 11) is 0. The molecule has 1 heterocycles. The molecule has 14 heavy (non-hydrogen) atoms. The van der Waals surface area contributed by atoms with Gasteiger partial charge in [0.05, 0.1) is 0 Å². The van der Waals surface area contributed by atoms with Crippen LogP contribution in [-0.4, -0.2) is 17.6 Å².